The van der Waals surface area contributed by atoms with Gasteiger partial charge < -0.3 is 10.4 Å². The van der Waals surface area contributed by atoms with Crippen molar-refractivity contribution in [3.63, 3.8) is 0 Å². The summed E-state index contributed by atoms with van der Waals surface area (Å²) in [6.07, 6.45) is 6.24. The van der Waals surface area contributed by atoms with Crippen LogP contribution >= 0.6 is 15.9 Å². The lowest BCUT2D eigenvalue weighted by Gasteiger charge is -2.22. The molecular weight excluding hydrogens is 308 g/mol. The van der Waals surface area contributed by atoms with E-state index in [-0.39, 0.29) is 5.91 Å². The standard InChI is InChI=1S/C14H21BrN2O2/c1-3-4-5-6-8-14(2,19)13(18)17-11-7-9-16-12(15)10-11/h7,9-10,19H,3-6,8H2,1-2H3,(H,16,17,18)/t14-/m1/s1. The molecule has 1 aromatic heterocycles. The number of hydrogen-bond donors (Lipinski definition) is 2. The maximum absolute atomic E-state index is 12.0. The number of rotatable bonds is 7. The van der Waals surface area contributed by atoms with Crippen LogP contribution in [0, 0.1) is 0 Å². The highest BCUT2D eigenvalue weighted by atomic mass is 79.9. The van der Waals surface area contributed by atoms with Crippen LogP contribution in [0.15, 0.2) is 22.9 Å². The van der Waals surface area contributed by atoms with Crippen molar-refractivity contribution >= 4 is 27.5 Å². The number of halogens is 1. The van der Waals surface area contributed by atoms with Crippen molar-refractivity contribution < 1.29 is 9.90 Å². The lowest BCUT2D eigenvalue weighted by atomic mass is 9.97. The molecule has 0 aliphatic rings. The molecule has 0 saturated heterocycles. The molecule has 0 fully saturated rings. The number of anilines is 1. The molecule has 0 aromatic carbocycles. The SMILES string of the molecule is CCCCCC[C@@](C)(O)C(=O)Nc1ccnc(Br)c1. The van der Waals surface area contributed by atoms with Gasteiger partial charge in [0.05, 0.1) is 0 Å². The van der Waals surface area contributed by atoms with Gasteiger partial charge in [-0.2, -0.15) is 0 Å². The minimum atomic E-state index is -1.33. The summed E-state index contributed by atoms with van der Waals surface area (Å²) in [5.74, 6) is -0.373. The van der Waals surface area contributed by atoms with E-state index in [0.29, 0.717) is 16.7 Å². The van der Waals surface area contributed by atoms with E-state index in [1.807, 2.05) is 0 Å². The maximum Gasteiger partial charge on any atom is 0.256 e. The van der Waals surface area contributed by atoms with E-state index in [0.717, 1.165) is 25.7 Å². The fourth-order valence-electron chi connectivity index (χ4n) is 1.76. The number of amides is 1. The average Bonchev–Trinajstić information content (AvgIpc) is 2.34. The zero-order chi connectivity index (χ0) is 14.3. The van der Waals surface area contributed by atoms with E-state index in [4.69, 9.17) is 0 Å². The van der Waals surface area contributed by atoms with Gasteiger partial charge in [0.1, 0.15) is 10.2 Å². The van der Waals surface area contributed by atoms with Crippen molar-refractivity contribution in [3.8, 4) is 0 Å². The molecule has 1 atom stereocenters. The Morgan fingerprint density at radius 2 is 2.21 bits per heavy atom. The van der Waals surface area contributed by atoms with Crippen LogP contribution in [0.2, 0.25) is 0 Å². The van der Waals surface area contributed by atoms with E-state index in [1.165, 1.54) is 0 Å². The molecule has 0 radical (unpaired) electrons. The molecule has 1 aromatic rings. The smallest absolute Gasteiger partial charge is 0.256 e. The Morgan fingerprint density at radius 3 is 2.84 bits per heavy atom. The third kappa shape index (κ3) is 5.70. The fourth-order valence-corrected chi connectivity index (χ4v) is 2.12. The number of aliphatic hydroxyl groups is 1. The van der Waals surface area contributed by atoms with Crippen molar-refractivity contribution in [1.82, 2.24) is 4.98 Å². The fraction of sp³-hybridized carbons (Fsp3) is 0.571. The van der Waals surface area contributed by atoms with Crippen LogP contribution in [0.5, 0.6) is 0 Å². The predicted molar refractivity (Wildman–Crippen MR) is 79.9 cm³/mol. The third-order valence-corrected chi connectivity index (χ3v) is 3.42. The Balaban J connectivity index is 2.51. The largest absolute Gasteiger partial charge is 0.380 e. The topological polar surface area (TPSA) is 62.2 Å². The Kier molecular flexibility index (Phi) is 6.45. The number of nitrogens with zero attached hydrogens (tertiary/aromatic N) is 1. The number of hydrogen-bond acceptors (Lipinski definition) is 3. The van der Waals surface area contributed by atoms with Crippen LogP contribution in [-0.4, -0.2) is 21.6 Å². The molecule has 0 saturated carbocycles. The summed E-state index contributed by atoms with van der Waals surface area (Å²) in [6, 6.07) is 3.39. The lowest BCUT2D eigenvalue weighted by molar-refractivity contribution is -0.133. The number of unbranched alkanes of at least 4 members (excludes halogenated alkanes) is 3. The van der Waals surface area contributed by atoms with Crippen LogP contribution in [0.25, 0.3) is 0 Å². The van der Waals surface area contributed by atoms with Crippen molar-refractivity contribution in [2.45, 2.75) is 51.6 Å². The van der Waals surface area contributed by atoms with Gasteiger partial charge in [-0.3, -0.25) is 4.79 Å². The first kappa shape index (κ1) is 16.1. The molecule has 2 N–H and O–H groups in total. The van der Waals surface area contributed by atoms with Crippen LogP contribution in [0.1, 0.15) is 46.0 Å². The predicted octanol–water partition coefficient (Wildman–Crippen LogP) is 3.50. The average molecular weight is 329 g/mol. The minimum absolute atomic E-state index is 0.373. The summed E-state index contributed by atoms with van der Waals surface area (Å²) >= 11 is 3.24. The first-order chi connectivity index (χ1) is 8.95. The molecule has 0 unspecified atom stereocenters. The molecule has 1 heterocycles. The van der Waals surface area contributed by atoms with E-state index in [2.05, 4.69) is 33.2 Å². The van der Waals surface area contributed by atoms with Crippen molar-refractivity contribution in [1.29, 1.82) is 0 Å². The summed E-state index contributed by atoms with van der Waals surface area (Å²) in [5, 5.41) is 12.9. The van der Waals surface area contributed by atoms with E-state index >= 15 is 0 Å². The Bertz CT molecular complexity index is 422. The maximum atomic E-state index is 12.0. The van der Waals surface area contributed by atoms with Gasteiger partial charge in [-0.25, -0.2) is 4.98 Å². The van der Waals surface area contributed by atoms with Crippen molar-refractivity contribution in [2.75, 3.05) is 5.32 Å². The van der Waals surface area contributed by atoms with E-state index in [9.17, 15) is 9.90 Å². The molecule has 19 heavy (non-hydrogen) atoms. The minimum Gasteiger partial charge on any atom is -0.380 e. The van der Waals surface area contributed by atoms with Gasteiger partial charge in [0.15, 0.2) is 0 Å². The summed E-state index contributed by atoms with van der Waals surface area (Å²) in [7, 11) is 0. The van der Waals surface area contributed by atoms with Gasteiger partial charge in [0.2, 0.25) is 0 Å². The van der Waals surface area contributed by atoms with Crippen LogP contribution < -0.4 is 5.32 Å². The summed E-state index contributed by atoms with van der Waals surface area (Å²) in [5.41, 5.74) is -0.704. The van der Waals surface area contributed by atoms with Gasteiger partial charge in [0.25, 0.3) is 5.91 Å². The summed E-state index contributed by atoms with van der Waals surface area (Å²) < 4.78 is 0.646. The third-order valence-electron chi connectivity index (χ3n) is 2.99. The van der Waals surface area contributed by atoms with Crippen molar-refractivity contribution in [3.05, 3.63) is 22.9 Å². The molecule has 0 spiro atoms. The second-order valence-corrected chi connectivity index (χ2v) is 5.72. The number of pyridine rings is 1. The Morgan fingerprint density at radius 1 is 1.47 bits per heavy atom. The summed E-state index contributed by atoms with van der Waals surface area (Å²) in [4.78, 5) is 16.0. The van der Waals surface area contributed by atoms with Gasteiger partial charge >= 0.3 is 0 Å². The molecule has 5 heteroatoms. The monoisotopic (exact) mass is 328 g/mol. The Hall–Kier alpha value is -0.940. The highest BCUT2D eigenvalue weighted by Gasteiger charge is 2.29. The van der Waals surface area contributed by atoms with E-state index in [1.54, 1.807) is 25.3 Å². The van der Waals surface area contributed by atoms with Crippen LogP contribution in [-0.2, 0) is 4.79 Å². The molecule has 0 aliphatic heterocycles. The zero-order valence-corrected chi connectivity index (χ0v) is 13.0. The second-order valence-electron chi connectivity index (χ2n) is 4.91. The molecular formula is C14H21BrN2O2. The van der Waals surface area contributed by atoms with Crippen molar-refractivity contribution in [2.24, 2.45) is 0 Å². The number of nitrogens with one attached hydrogen (secondary N) is 1. The van der Waals surface area contributed by atoms with Crippen LogP contribution in [0.4, 0.5) is 5.69 Å². The van der Waals surface area contributed by atoms with E-state index < -0.39 is 5.60 Å². The zero-order valence-electron chi connectivity index (χ0n) is 11.4. The normalized spacial score (nSPS) is 13.9. The molecule has 1 rings (SSSR count). The highest BCUT2D eigenvalue weighted by Crippen LogP contribution is 2.19. The second kappa shape index (κ2) is 7.60. The first-order valence-corrected chi connectivity index (χ1v) is 7.40. The number of aromatic nitrogens is 1. The molecule has 106 valence electrons. The first-order valence-electron chi connectivity index (χ1n) is 6.61. The highest BCUT2D eigenvalue weighted by molar-refractivity contribution is 9.10. The van der Waals surface area contributed by atoms with Gasteiger partial charge in [0, 0.05) is 11.9 Å². The molecule has 1 amide bonds. The number of carbonyl (C=O) groups is 1. The quantitative estimate of drug-likeness (QED) is 0.594. The molecule has 4 nitrogen and oxygen atoms in total. The molecule has 0 bridgehead atoms. The lowest BCUT2D eigenvalue weighted by Crippen LogP contribution is -2.39. The molecule has 0 aliphatic carbocycles. The van der Waals surface area contributed by atoms with Gasteiger partial charge in [-0.05, 0) is 41.4 Å². The number of carbonyl (C=O) groups excluding carboxylic acids is 1. The summed E-state index contributed by atoms with van der Waals surface area (Å²) in [6.45, 7) is 3.69. The van der Waals surface area contributed by atoms with Gasteiger partial charge in [-0.1, -0.05) is 32.6 Å². The Labute approximate surface area is 122 Å². The van der Waals surface area contributed by atoms with Gasteiger partial charge in [-0.15, -0.1) is 0 Å². The van der Waals surface area contributed by atoms with Crippen LogP contribution in [0.3, 0.4) is 0 Å².